The average Bonchev–Trinajstić information content (AvgIpc) is 2.57. The maximum Gasteiger partial charge on any atom is 0.198 e. The fraction of sp³-hybridized carbons (Fsp3) is 0.417. The van der Waals surface area contributed by atoms with Crippen molar-refractivity contribution in [1.29, 1.82) is 0 Å². The molecule has 0 bridgehead atoms. The summed E-state index contributed by atoms with van der Waals surface area (Å²) < 4.78 is 7.32. The van der Waals surface area contributed by atoms with E-state index in [-0.39, 0.29) is 0 Å². The number of ether oxygens (including phenoxy) is 1. The molecule has 1 fully saturated rings. The Morgan fingerprint density at radius 2 is 2.27 bits per heavy atom. The number of pyridine rings is 1. The number of fused-ring (bicyclic) bond motifs is 1. The Balaban J connectivity index is 2.12. The van der Waals surface area contributed by atoms with Crippen molar-refractivity contribution in [2.75, 3.05) is 7.11 Å². The predicted octanol–water partition coefficient (Wildman–Crippen LogP) is 2.61. The van der Waals surface area contributed by atoms with Crippen LogP contribution in [0.1, 0.15) is 30.9 Å². The molecule has 3 rings (SSSR count). The molecule has 0 radical (unpaired) electrons. The summed E-state index contributed by atoms with van der Waals surface area (Å²) in [5.74, 6) is 1.53. The summed E-state index contributed by atoms with van der Waals surface area (Å²) in [4.78, 5) is 4.63. The molecule has 2 aromatic rings. The fourth-order valence-electron chi connectivity index (χ4n) is 2.07. The fourth-order valence-corrected chi connectivity index (χ4v) is 2.07. The van der Waals surface area contributed by atoms with E-state index in [1.807, 2.05) is 22.6 Å². The molecule has 0 amide bonds. The summed E-state index contributed by atoms with van der Waals surface area (Å²) >= 11 is 0. The highest BCUT2D eigenvalue weighted by atomic mass is 16.5. The quantitative estimate of drug-likeness (QED) is 0.748. The monoisotopic (exact) mass is 202 g/mol. The van der Waals surface area contributed by atoms with E-state index in [1.54, 1.807) is 7.11 Å². The lowest BCUT2D eigenvalue weighted by Gasteiger charge is -2.22. The first-order chi connectivity index (χ1) is 7.38. The molecule has 0 unspecified atom stereocenters. The molecule has 0 spiro atoms. The van der Waals surface area contributed by atoms with Gasteiger partial charge in [-0.3, -0.25) is 4.40 Å². The van der Waals surface area contributed by atoms with Crippen LogP contribution in [-0.4, -0.2) is 16.5 Å². The molecule has 3 nitrogen and oxygen atoms in total. The summed E-state index contributed by atoms with van der Waals surface area (Å²) in [6, 6.07) is 5.95. The van der Waals surface area contributed by atoms with E-state index in [9.17, 15) is 0 Å². The standard InChI is InChI=1S/C12H14N2O/c1-15-12-7-3-6-11-13-10(8-14(11)12)9-4-2-5-9/h3,6-9H,2,4-5H2,1H3. The number of imidazole rings is 1. The number of hydrogen-bond acceptors (Lipinski definition) is 2. The lowest BCUT2D eigenvalue weighted by molar-refractivity contribution is 0.391. The molecule has 1 saturated carbocycles. The lowest BCUT2D eigenvalue weighted by atomic mass is 9.83. The van der Waals surface area contributed by atoms with Crippen LogP contribution in [0.4, 0.5) is 0 Å². The van der Waals surface area contributed by atoms with Crippen molar-refractivity contribution in [3.05, 3.63) is 30.1 Å². The minimum atomic E-state index is 0.676. The Morgan fingerprint density at radius 1 is 1.40 bits per heavy atom. The molecule has 2 aromatic heterocycles. The Kier molecular flexibility index (Phi) is 1.91. The largest absolute Gasteiger partial charge is 0.482 e. The van der Waals surface area contributed by atoms with Gasteiger partial charge in [0.05, 0.1) is 12.8 Å². The SMILES string of the molecule is COc1cccc2nc(C3CCC3)cn12. The predicted molar refractivity (Wildman–Crippen MR) is 58.3 cm³/mol. The van der Waals surface area contributed by atoms with Crippen LogP contribution in [0.25, 0.3) is 5.65 Å². The molecule has 0 aromatic carbocycles. The van der Waals surface area contributed by atoms with Crippen LogP contribution >= 0.6 is 0 Å². The normalized spacial score (nSPS) is 16.6. The second-order valence-corrected chi connectivity index (χ2v) is 4.09. The molecule has 78 valence electrons. The number of aromatic nitrogens is 2. The van der Waals surface area contributed by atoms with Gasteiger partial charge in [-0.1, -0.05) is 12.5 Å². The molecule has 1 aliphatic carbocycles. The van der Waals surface area contributed by atoms with Crippen molar-refractivity contribution in [2.45, 2.75) is 25.2 Å². The Hall–Kier alpha value is -1.51. The summed E-state index contributed by atoms with van der Waals surface area (Å²) in [6.45, 7) is 0. The van der Waals surface area contributed by atoms with Gasteiger partial charge >= 0.3 is 0 Å². The van der Waals surface area contributed by atoms with Crippen LogP contribution in [0, 0.1) is 0 Å². The van der Waals surface area contributed by atoms with Gasteiger partial charge in [-0.2, -0.15) is 0 Å². The first kappa shape index (κ1) is 8.77. The summed E-state index contributed by atoms with van der Waals surface area (Å²) in [5, 5.41) is 0. The van der Waals surface area contributed by atoms with Crippen LogP contribution < -0.4 is 4.74 Å². The second kappa shape index (κ2) is 3.26. The zero-order valence-corrected chi connectivity index (χ0v) is 8.81. The Bertz CT molecular complexity index is 485. The summed E-state index contributed by atoms with van der Waals surface area (Å²) in [7, 11) is 1.69. The van der Waals surface area contributed by atoms with Gasteiger partial charge in [0, 0.05) is 12.1 Å². The van der Waals surface area contributed by atoms with Crippen molar-refractivity contribution < 1.29 is 4.74 Å². The van der Waals surface area contributed by atoms with Gasteiger partial charge in [0.2, 0.25) is 0 Å². The maximum absolute atomic E-state index is 5.30. The highest BCUT2D eigenvalue weighted by Crippen LogP contribution is 2.36. The van der Waals surface area contributed by atoms with Crippen LogP contribution in [-0.2, 0) is 0 Å². The van der Waals surface area contributed by atoms with E-state index in [4.69, 9.17) is 4.74 Å². The van der Waals surface area contributed by atoms with Crippen LogP contribution in [0.3, 0.4) is 0 Å². The van der Waals surface area contributed by atoms with Gasteiger partial charge in [-0.05, 0) is 25.0 Å². The number of nitrogens with zero attached hydrogens (tertiary/aromatic N) is 2. The third kappa shape index (κ3) is 1.30. The van der Waals surface area contributed by atoms with Gasteiger partial charge < -0.3 is 4.74 Å². The van der Waals surface area contributed by atoms with E-state index in [2.05, 4.69) is 11.2 Å². The third-order valence-electron chi connectivity index (χ3n) is 3.21. The first-order valence-corrected chi connectivity index (χ1v) is 5.40. The summed E-state index contributed by atoms with van der Waals surface area (Å²) in [6.07, 6.45) is 6.02. The molecule has 0 atom stereocenters. The number of rotatable bonds is 2. The zero-order valence-electron chi connectivity index (χ0n) is 8.81. The van der Waals surface area contributed by atoms with E-state index >= 15 is 0 Å². The van der Waals surface area contributed by atoms with Gasteiger partial charge in [-0.25, -0.2) is 4.98 Å². The summed E-state index contributed by atoms with van der Waals surface area (Å²) in [5.41, 5.74) is 2.20. The molecular weight excluding hydrogens is 188 g/mol. The molecule has 0 aliphatic heterocycles. The van der Waals surface area contributed by atoms with Gasteiger partial charge in [-0.15, -0.1) is 0 Å². The van der Waals surface area contributed by atoms with Crippen LogP contribution in [0.15, 0.2) is 24.4 Å². The third-order valence-corrected chi connectivity index (χ3v) is 3.21. The van der Waals surface area contributed by atoms with Crippen molar-refractivity contribution in [3.63, 3.8) is 0 Å². The molecule has 15 heavy (non-hydrogen) atoms. The zero-order chi connectivity index (χ0) is 10.3. The molecule has 0 saturated heterocycles. The second-order valence-electron chi connectivity index (χ2n) is 4.09. The van der Waals surface area contributed by atoms with Crippen molar-refractivity contribution in [3.8, 4) is 5.88 Å². The maximum atomic E-state index is 5.30. The average molecular weight is 202 g/mol. The minimum Gasteiger partial charge on any atom is -0.482 e. The van der Waals surface area contributed by atoms with Crippen molar-refractivity contribution in [2.24, 2.45) is 0 Å². The molecular formula is C12H14N2O. The lowest BCUT2D eigenvalue weighted by Crippen LogP contribution is -2.08. The van der Waals surface area contributed by atoms with Crippen LogP contribution in [0.5, 0.6) is 5.88 Å². The smallest absolute Gasteiger partial charge is 0.198 e. The molecule has 3 heteroatoms. The Labute approximate surface area is 88.7 Å². The highest BCUT2D eigenvalue weighted by molar-refractivity contribution is 5.44. The highest BCUT2D eigenvalue weighted by Gasteiger charge is 2.22. The van der Waals surface area contributed by atoms with Gasteiger partial charge in [0.1, 0.15) is 5.65 Å². The molecule has 0 N–H and O–H groups in total. The Morgan fingerprint density at radius 3 is 2.93 bits per heavy atom. The molecule has 2 heterocycles. The van der Waals surface area contributed by atoms with E-state index in [0.29, 0.717) is 5.92 Å². The van der Waals surface area contributed by atoms with E-state index in [0.717, 1.165) is 11.5 Å². The van der Waals surface area contributed by atoms with Crippen molar-refractivity contribution >= 4 is 5.65 Å². The minimum absolute atomic E-state index is 0.676. The van der Waals surface area contributed by atoms with Gasteiger partial charge in [0.15, 0.2) is 5.88 Å². The number of methoxy groups -OCH3 is 1. The van der Waals surface area contributed by atoms with E-state index < -0.39 is 0 Å². The number of hydrogen-bond donors (Lipinski definition) is 0. The first-order valence-electron chi connectivity index (χ1n) is 5.40. The van der Waals surface area contributed by atoms with Crippen LogP contribution in [0.2, 0.25) is 0 Å². The topological polar surface area (TPSA) is 26.5 Å². The molecule has 1 aliphatic rings. The van der Waals surface area contributed by atoms with Gasteiger partial charge in [0.25, 0.3) is 0 Å². The van der Waals surface area contributed by atoms with E-state index in [1.165, 1.54) is 25.0 Å². The van der Waals surface area contributed by atoms with Crippen molar-refractivity contribution in [1.82, 2.24) is 9.38 Å².